The van der Waals surface area contributed by atoms with Gasteiger partial charge in [0, 0.05) is 30.8 Å². The Balaban J connectivity index is 1.97. The molecule has 1 aromatic heterocycles. The van der Waals surface area contributed by atoms with Crippen LogP contribution in [0.2, 0.25) is 0 Å². The summed E-state index contributed by atoms with van der Waals surface area (Å²) >= 11 is 0. The highest BCUT2D eigenvalue weighted by atomic mass is 19.4. The molecule has 0 unspecified atom stereocenters. The van der Waals surface area contributed by atoms with Gasteiger partial charge in [0.15, 0.2) is 0 Å². The number of rotatable bonds is 3. The molecule has 0 aliphatic carbocycles. The van der Waals surface area contributed by atoms with Gasteiger partial charge < -0.3 is 10.2 Å². The number of nitrogens with zero attached hydrogens (tertiary/aromatic N) is 1. The maximum Gasteiger partial charge on any atom is 0.412 e. The summed E-state index contributed by atoms with van der Waals surface area (Å²) in [5, 5.41) is 0. The Morgan fingerprint density at radius 3 is 2.72 bits per heavy atom. The van der Waals surface area contributed by atoms with Gasteiger partial charge in [0.1, 0.15) is 5.76 Å². The molecular formula is C12H15F3N2O. The first-order chi connectivity index (χ1) is 8.50. The van der Waals surface area contributed by atoms with Gasteiger partial charge in [-0.1, -0.05) is 6.08 Å². The Morgan fingerprint density at radius 2 is 2.17 bits per heavy atom. The zero-order valence-electron chi connectivity index (χ0n) is 9.83. The Bertz CT molecular complexity index is 437. The molecule has 0 amide bonds. The maximum absolute atomic E-state index is 12.4. The molecule has 18 heavy (non-hydrogen) atoms. The van der Waals surface area contributed by atoms with E-state index in [1.54, 1.807) is 12.3 Å². The summed E-state index contributed by atoms with van der Waals surface area (Å²) in [5.74, 6) is 0.737. The molecule has 0 saturated carbocycles. The molecule has 6 heteroatoms. The largest absolute Gasteiger partial charge is 0.468 e. The van der Waals surface area contributed by atoms with Crippen LogP contribution in [0.1, 0.15) is 17.7 Å². The average Bonchev–Trinajstić information content (AvgIpc) is 2.76. The predicted molar refractivity (Wildman–Crippen MR) is 60.6 cm³/mol. The second-order valence-electron chi connectivity index (χ2n) is 4.29. The van der Waals surface area contributed by atoms with Gasteiger partial charge >= 0.3 is 6.18 Å². The fraction of sp³-hybridized carbons (Fsp3) is 0.500. The van der Waals surface area contributed by atoms with Gasteiger partial charge in [-0.05, 0) is 12.5 Å². The van der Waals surface area contributed by atoms with Gasteiger partial charge in [0.2, 0.25) is 0 Å². The predicted octanol–water partition coefficient (Wildman–Crippen LogP) is 2.43. The van der Waals surface area contributed by atoms with Crippen molar-refractivity contribution in [2.75, 3.05) is 13.1 Å². The van der Waals surface area contributed by atoms with Crippen molar-refractivity contribution in [1.29, 1.82) is 0 Å². The molecule has 100 valence electrons. The third-order valence-electron chi connectivity index (χ3n) is 3.08. The second-order valence-corrected chi connectivity index (χ2v) is 4.29. The van der Waals surface area contributed by atoms with Gasteiger partial charge in [0.05, 0.1) is 12.8 Å². The summed E-state index contributed by atoms with van der Waals surface area (Å²) in [7, 11) is 0. The monoisotopic (exact) mass is 260 g/mol. The lowest BCUT2D eigenvalue weighted by Crippen LogP contribution is -2.31. The van der Waals surface area contributed by atoms with Gasteiger partial charge in [-0.2, -0.15) is 13.2 Å². The zero-order chi connectivity index (χ0) is 13.2. The maximum atomic E-state index is 12.4. The van der Waals surface area contributed by atoms with E-state index in [0.717, 1.165) is 11.3 Å². The van der Waals surface area contributed by atoms with Crippen molar-refractivity contribution < 1.29 is 17.6 Å². The molecule has 2 heterocycles. The lowest BCUT2D eigenvalue weighted by atomic mass is 10.1. The first-order valence-corrected chi connectivity index (χ1v) is 5.74. The van der Waals surface area contributed by atoms with Gasteiger partial charge in [-0.3, -0.25) is 4.90 Å². The molecule has 0 fully saturated rings. The third-order valence-corrected chi connectivity index (χ3v) is 3.08. The van der Waals surface area contributed by atoms with Crippen LogP contribution in [0.3, 0.4) is 0 Å². The van der Waals surface area contributed by atoms with Crippen LogP contribution >= 0.6 is 0 Å². The zero-order valence-corrected chi connectivity index (χ0v) is 9.83. The van der Waals surface area contributed by atoms with Crippen LogP contribution < -0.4 is 5.73 Å². The molecule has 2 N–H and O–H groups in total. The van der Waals surface area contributed by atoms with Crippen molar-refractivity contribution in [3.8, 4) is 0 Å². The molecule has 0 atom stereocenters. The molecule has 1 aromatic rings. The first-order valence-electron chi connectivity index (χ1n) is 5.74. The first kappa shape index (κ1) is 13.2. The second kappa shape index (κ2) is 5.16. The number of furan rings is 1. The number of nitrogens with two attached hydrogens (primary N) is 1. The minimum absolute atomic E-state index is 0.0299. The Hall–Kier alpha value is -1.27. The Labute approximate surface area is 103 Å². The Morgan fingerprint density at radius 1 is 1.39 bits per heavy atom. The smallest absolute Gasteiger partial charge is 0.412 e. The van der Waals surface area contributed by atoms with Gasteiger partial charge in [-0.15, -0.1) is 0 Å². The van der Waals surface area contributed by atoms with E-state index in [9.17, 15) is 13.2 Å². The molecule has 0 spiro atoms. The molecule has 3 nitrogen and oxygen atoms in total. The highest BCUT2D eigenvalue weighted by Crippen LogP contribution is 2.30. The number of hydrogen-bond donors (Lipinski definition) is 1. The van der Waals surface area contributed by atoms with Crippen LogP contribution in [0.15, 0.2) is 28.4 Å². The van der Waals surface area contributed by atoms with Crippen molar-refractivity contribution in [2.24, 2.45) is 5.73 Å². The van der Waals surface area contributed by atoms with E-state index in [4.69, 9.17) is 10.2 Å². The van der Waals surface area contributed by atoms with Gasteiger partial charge in [-0.25, -0.2) is 0 Å². The number of alkyl halides is 3. The summed E-state index contributed by atoms with van der Waals surface area (Å²) in [6, 6.07) is 1.79. The topological polar surface area (TPSA) is 42.4 Å². The van der Waals surface area contributed by atoms with Crippen LogP contribution in [0.4, 0.5) is 13.2 Å². The number of halogens is 3. The van der Waals surface area contributed by atoms with E-state index in [0.29, 0.717) is 26.2 Å². The van der Waals surface area contributed by atoms with E-state index in [-0.39, 0.29) is 6.42 Å². The molecule has 0 radical (unpaired) electrons. The highest BCUT2D eigenvalue weighted by Gasteiger charge is 2.34. The van der Waals surface area contributed by atoms with Crippen molar-refractivity contribution >= 4 is 0 Å². The summed E-state index contributed by atoms with van der Waals surface area (Å²) in [5.41, 5.74) is 6.01. The highest BCUT2D eigenvalue weighted by molar-refractivity contribution is 5.18. The molecule has 0 saturated heterocycles. The summed E-state index contributed by atoms with van der Waals surface area (Å²) < 4.78 is 42.6. The number of hydrogen-bond acceptors (Lipinski definition) is 3. The quantitative estimate of drug-likeness (QED) is 0.849. The average molecular weight is 260 g/mol. The molecule has 0 bridgehead atoms. The Kier molecular flexibility index (Phi) is 3.77. The molecule has 0 aromatic carbocycles. The molecule has 1 aliphatic rings. The van der Waals surface area contributed by atoms with E-state index >= 15 is 0 Å². The lowest BCUT2D eigenvalue weighted by Gasteiger charge is -2.26. The van der Waals surface area contributed by atoms with Crippen LogP contribution in [-0.4, -0.2) is 24.2 Å². The lowest BCUT2D eigenvalue weighted by molar-refractivity contribution is -0.0961. The summed E-state index contributed by atoms with van der Waals surface area (Å²) in [6.45, 7) is 1.56. The normalized spacial score (nSPS) is 17.9. The van der Waals surface area contributed by atoms with Crippen LogP contribution in [0.5, 0.6) is 0 Å². The SMILES string of the molecule is NCc1ccoc1CN1CC=C(C(F)(F)F)CC1. The van der Waals surface area contributed by atoms with E-state index in [1.165, 1.54) is 6.08 Å². The van der Waals surface area contributed by atoms with Crippen LogP contribution in [-0.2, 0) is 13.1 Å². The van der Waals surface area contributed by atoms with Crippen molar-refractivity contribution in [2.45, 2.75) is 25.7 Å². The molecule has 1 aliphatic heterocycles. The fourth-order valence-corrected chi connectivity index (χ4v) is 2.00. The fourth-order valence-electron chi connectivity index (χ4n) is 2.00. The van der Waals surface area contributed by atoms with Crippen molar-refractivity contribution in [3.63, 3.8) is 0 Å². The van der Waals surface area contributed by atoms with Gasteiger partial charge in [0.25, 0.3) is 0 Å². The van der Waals surface area contributed by atoms with E-state index in [1.807, 2.05) is 4.90 Å². The van der Waals surface area contributed by atoms with Crippen LogP contribution in [0, 0.1) is 0 Å². The van der Waals surface area contributed by atoms with Crippen LogP contribution in [0.25, 0.3) is 0 Å². The van der Waals surface area contributed by atoms with E-state index in [2.05, 4.69) is 0 Å². The summed E-state index contributed by atoms with van der Waals surface area (Å²) in [6.07, 6.45) is -1.37. The molecular weight excluding hydrogens is 245 g/mol. The van der Waals surface area contributed by atoms with Crippen molar-refractivity contribution in [3.05, 3.63) is 35.3 Å². The minimum Gasteiger partial charge on any atom is -0.468 e. The van der Waals surface area contributed by atoms with Crippen molar-refractivity contribution in [1.82, 2.24) is 4.90 Å². The third kappa shape index (κ3) is 2.94. The minimum atomic E-state index is -4.20. The van der Waals surface area contributed by atoms with E-state index < -0.39 is 11.7 Å². The standard InChI is InChI=1S/C12H15F3N2O/c13-12(14,15)10-1-4-17(5-2-10)8-11-9(7-16)3-6-18-11/h1,3,6H,2,4-5,7-8,16H2. The summed E-state index contributed by atoms with van der Waals surface area (Å²) in [4.78, 5) is 1.91. The molecule has 2 rings (SSSR count).